The van der Waals surface area contributed by atoms with Crippen molar-refractivity contribution in [2.24, 2.45) is 0 Å². The number of para-hydroxylation sites is 1. The van der Waals surface area contributed by atoms with E-state index in [1.54, 1.807) is 0 Å². The van der Waals surface area contributed by atoms with Gasteiger partial charge in [-0.3, -0.25) is 0 Å². The molecule has 2 rings (SSSR count). The van der Waals surface area contributed by atoms with Crippen molar-refractivity contribution < 1.29 is 9.47 Å². The van der Waals surface area contributed by atoms with Crippen LogP contribution >= 0.6 is 0 Å². The van der Waals surface area contributed by atoms with E-state index in [1.165, 1.54) is 5.56 Å². The number of nitrogens with one attached hydrogen (secondary N) is 1. The van der Waals surface area contributed by atoms with Crippen molar-refractivity contribution in [1.82, 2.24) is 5.32 Å². The number of benzene rings is 1. The normalized spacial score (nSPS) is 23.4. The maximum absolute atomic E-state index is 5.67. The average Bonchev–Trinajstić information content (AvgIpc) is 2.29. The van der Waals surface area contributed by atoms with Crippen LogP contribution in [0.25, 0.3) is 0 Å². The molecule has 3 nitrogen and oxygen atoms in total. The van der Waals surface area contributed by atoms with Crippen molar-refractivity contribution in [3.05, 3.63) is 29.8 Å². The summed E-state index contributed by atoms with van der Waals surface area (Å²) >= 11 is 0. The molecule has 1 aromatic rings. The van der Waals surface area contributed by atoms with E-state index in [1.807, 2.05) is 25.1 Å². The Morgan fingerprint density at radius 1 is 1.41 bits per heavy atom. The Kier molecular flexibility index (Phi) is 3.69. The number of ether oxygens (including phenoxy) is 2. The maximum atomic E-state index is 5.67. The van der Waals surface area contributed by atoms with Crippen molar-refractivity contribution >= 4 is 0 Å². The quantitative estimate of drug-likeness (QED) is 0.873. The molecule has 1 unspecified atom stereocenters. The van der Waals surface area contributed by atoms with Crippen LogP contribution < -0.4 is 10.1 Å². The third kappa shape index (κ3) is 2.99. The van der Waals surface area contributed by atoms with Crippen LogP contribution in [0.2, 0.25) is 0 Å². The van der Waals surface area contributed by atoms with Crippen LogP contribution in [0.4, 0.5) is 0 Å². The summed E-state index contributed by atoms with van der Waals surface area (Å²) in [5.74, 6) is 0.953. The van der Waals surface area contributed by atoms with Gasteiger partial charge in [-0.05, 0) is 26.8 Å². The predicted octanol–water partition coefficient (Wildman–Crippen LogP) is 2.52. The molecular formula is C14H21NO2. The Balaban J connectivity index is 2.21. The van der Waals surface area contributed by atoms with Crippen LogP contribution in [0.1, 0.15) is 32.4 Å². The summed E-state index contributed by atoms with van der Waals surface area (Å²) in [7, 11) is 0. The lowest BCUT2D eigenvalue weighted by Crippen LogP contribution is -2.51. The second-order valence-electron chi connectivity index (χ2n) is 5.07. The Morgan fingerprint density at radius 2 is 2.18 bits per heavy atom. The Hall–Kier alpha value is -1.06. The van der Waals surface area contributed by atoms with Gasteiger partial charge in [0.1, 0.15) is 5.75 Å². The van der Waals surface area contributed by atoms with Crippen LogP contribution in [0.5, 0.6) is 5.75 Å². The molecule has 94 valence electrons. The van der Waals surface area contributed by atoms with Crippen LogP contribution in [-0.4, -0.2) is 25.4 Å². The summed E-state index contributed by atoms with van der Waals surface area (Å²) in [6.07, 6.45) is 0. The SMILES string of the molecule is CCOc1ccccc1C1COCC(C)(C)N1. The molecule has 17 heavy (non-hydrogen) atoms. The molecule has 1 aliphatic heterocycles. The maximum Gasteiger partial charge on any atom is 0.124 e. The molecule has 0 saturated carbocycles. The van der Waals surface area contributed by atoms with E-state index in [2.05, 4.69) is 25.2 Å². The third-order valence-corrected chi connectivity index (χ3v) is 2.91. The lowest BCUT2D eigenvalue weighted by atomic mass is 9.98. The highest BCUT2D eigenvalue weighted by molar-refractivity contribution is 5.36. The van der Waals surface area contributed by atoms with E-state index < -0.39 is 0 Å². The van der Waals surface area contributed by atoms with E-state index in [4.69, 9.17) is 9.47 Å². The van der Waals surface area contributed by atoms with Crippen LogP contribution in [0.15, 0.2) is 24.3 Å². The number of hydrogen-bond donors (Lipinski definition) is 1. The Morgan fingerprint density at radius 3 is 2.88 bits per heavy atom. The lowest BCUT2D eigenvalue weighted by Gasteiger charge is -2.37. The van der Waals surface area contributed by atoms with Crippen LogP contribution in [-0.2, 0) is 4.74 Å². The minimum atomic E-state index is 0.0161. The first kappa shape index (κ1) is 12.4. The van der Waals surface area contributed by atoms with Gasteiger partial charge >= 0.3 is 0 Å². The standard InChI is InChI=1S/C14H21NO2/c1-4-17-13-8-6-5-7-11(13)12-9-16-10-14(2,3)15-12/h5-8,12,15H,4,9-10H2,1-3H3. The van der Waals surface area contributed by atoms with Gasteiger partial charge in [0, 0.05) is 11.1 Å². The summed E-state index contributed by atoms with van der Waals surface area (Å²) in [4.78, 5) is 0. The molecule has 1 saturated heterocycles. The van der Waals surface area contributed by atoms with Gasteiger partial charge in [0.2, 0.25) is 0 Å². The van der Waals surface area contributed by atoms with E-state index in [0.29, 0.717) is 13.2 Å². The van der Waals surface area contributed by atoms with Gasteiger partial charge in [0.15, 0.2) is 0 Å². The molecule has 1 N–H and O–H groups in total. The molecule has 3 heteroatoms. The highest BCUT2D eigenvalue weighted by Crippen LogP contribution is 2.29. The van der Waals surface area contributed by atoms with Crippen LogP contribution in [0.3, 0.4) is 0 Å². The van der Waals surface area contributed by atoms with Gasteiger partial charge in [0.05, 0.1) is 25.9 Å². The zero-order chi connectivity index (χ0) is 12.3. The largest absolute Gasteiger partial charge is 0.494 e. The molecule has 0 aliphatic carbocycles. The predicted molar refractivity (Wildman–Crippen MR) is 68.4 cm³/mol. The Labute approximate surface area is 103 Å². The first-order chi connectivity index (χ1) is 8.12. The highest BCUT2D eigenvalue weighted by atomic mass is 16.5. The summed E-state index contributed by atoms with van der Waals surface area (Å²) in [5, 5.41) is 3.60. The van der Waals surface area contributed by atoms with E-state index >= 15 is 0 Å². The summed E-state index contributed by atoms with van der Waals surface area (Å²) in [6.45, 7) is 8.46. The lowest BCUT2D eigenvalue weighted by molar-refractivity contribution is 0.0121. The van der Waals surface area contributed by atoms with Crippen LogP contribution in [0, 0.1) is 0 Å². The first-order valence-corrected chi connectivity index (χ1v) is 6.19. The van der Waals surface area contributed by atoms with E-state index in [9.17, 15) is 0 Å². The Bertz CT molecular complexity index is 376. The fourth-order valence-electron chi connectivity index (χ4n) is 2.21. The molecule has 1 aromatic carbocycles. The van der Waals surface area contributed by atoms with Gasteiger partial charge in [-0.15, -0.1) is 0 Å². The third-order valence-electron chi connectivity index (χ3n) is 2.91. The van der Waals surface area contributed by atoms with Gasteiger partial charge in [-0.1, -0.05) is 18.2 Å². The molecular weight excluding hydrogens is 214 g/mol. The summed E-state index contributed by atoms with van der Waals surface area (Å²) in [5.41, 5.74) is 1.20. The molecule has 0 radical (unpaired) electrons. The number of hydrogen-bond acceptors (Lipinski definition) is 3. The number of rotatable bonds is 3. The van der Waals surface area contributed by atoms with Gasteiger partial charge in [-0.2, -0.15) is 0 Å². The second-order valence-corrected chi connectivity index (χ2v) is 5.07. The topological polar surface area (TPSA) is 30.5 Å². The zero-order valence-corrected chi connectivity index (χ0v) is 10.8. The zero-order valence-electron chi connectivity index (χ0n) is 10.8. The second kappa shape index (κ2) is 5.07. The molecule has 0 bridgehead atoms. The summed E-state index contributed by atoms with van der Waals surface area (Å²) in [6, 6.07) is 8.38. The van der Waals surface area contributed by atoms with E-state index in [-0.39, 0.29) is 11.6 Å². The minimum Gasteiger partial charge on any atom is -0.494 e. The minimum absolute atomic E-state index is 0.0161. The smallest absolute Gasteiger partial charge is 0.124 e. The van der Waals surface area contributed by atoms with Crippen molar-refractivity contribution in [1.29, 1.82) is 0 Å². The summed E-state index contributed by atoms with van der Waals surface area (Å²) < 4.78 is 11.3. The fraction of sp³-hybridized carbons (Fsp3) is 0.571. The average molecular weight is 235 g/mol. The monoisotopic (exact) mass is 235 g/mol. The van der Waals surface area contributed by atoms with Gasteiger partial charge in [-0.25, -0.2) is 0 Å². The molecule has 0 aromatic heterocycles. The molecule has 0 amide bonds. The van der Waals surface area contributed by atoms with Crippen molar-refractivity contribution in [3.8, 4) is 5.75 Å². The first-order valence-electron chi connectivity index (χ1n) is 6.19. The van der Waals surface area contributed by atoms with Gasteiger partial charge < -0.3 is 14.8 Å². The molecule has 1 fully saturated rings. The van der Waals surface area contributed by atoms with E-state index in [0.717, 1.165) is 12.4 Å². The van der Waals surface area contributed by atoms with Crippen molar-refractivity contribution in [3.63, 3.8) is 0 Å². The van der Waals surface area contributed by atoms with Gasteiger partial charge in [0.25, 0.3) is 0 Å². The molecule has 1 heterocycles. The molecule has 0 spiro atoms. The fourth-order valence-corrected chi connectivity index (χ4v) is 2.21. The highest BCUT2D eigenvalue weighted by Gasteiger charge is 2.29. The number of morpholine rings is 1. The molecule has 1 atom stereocenters. The van der Waals surface area contributed by atoms with Crippen molar-refractivity contribution in [2.75, 3.05) is 19.8 Å². The van der Waals surface area contributed by atoms with Crippen molar-refractivity contribution in [2.45, 2.75) is 32.4 Å². The molecule has 1 aliphatic rings.